The normalized spacial score (nSPS) is 13.3. The van der Waals surface area contributed by atoms with Crippen LogP contribution in [0, 0.1) is 0 Å². The third-order valence-electron chi connectivity index (χ3n) is 5.28. The van der Waals surface area contributed by atoms with Gasteiger partial charge in [0.25, 0.3) is 0 Å². The molecule has 2 heterocycles. The molecule has 2 N–H and O–H groups in total. The summed E-state index contributed by atoms with van der Waals surface area (Å²) in [4.78, 5) is 19.7. The molecule has 1 aliphatic rings. The molecule has 0 unspecified atom stereocenters. The molecule has 0 bridgehead atoms. The fourth-order valence-corrected chi connectivity index (χ4v) is 3.92. The summed E-state index contributed by atoms with van der Waals surface area (Å²) >= 11 is 6.05. The van der Waals surface area contributed by atoms with E-state index in [1.54, 1.807) is 6.07 Å². The second-order valence-electron chi connectivity index (χ2n) is 7.39. The van der Waals surface area contributed by atoms with E-state index in [0.29, 0.717) is 10.7 Å². The number of aryl methyl sites for hydroxylation is 1. The zero-order valence-corrected chi connectivity index (χ0v) is 17.7. The molecule has 2 amide bonds. The van der Waals surface area contributed by atoms with Gasteiger partial charge in [0.05, 0.1) is 5.69 Å². The smallest absolute Gasteiger partial charge is 0.323 e. The first-order chi connectivity index (χ1) is 14.6. The number of carbonyl (C=O) groups excluding carboxylic acids is 1. The van der Waals surface area contributed by atoms with Crippen LogP contribution in [0.3, 0.4) is 0 Å². The number of amides is 2. The van der Waals surface area contributed by atoms with Gasteiger partial charge in [-0.05, 0) is 67.3 Å². The molecule has 1 fully saturated rings. The van der Waals surface area contributed by atoms with E-state index in [-0.39, 0.29) is 6.03 Å². The molecule has 30 heavy (non-hydrogen) atoms. The minimum Gasteiger partial charge on any atom is -0.357 e. The number of hydrogen-bond donors (Lipinski definition) is 2. The van der Waals surface area contributed by atoms with Crippen molar-refractivity contribution in [2.45, 2.75) is 26.2 Å². The van der Waals surface area contributed by atoms with Crippen LogP contribution >= 0.6 is 11.6 Å². The van der Waals surface area contributed by atoms with E-state index in [9.17, 15) is 4.79 Å². The van der Waals surface area contributed by atoms with Crippen LogP contribution in [-0.4, -0.2) is 24.1 Å². The van der Waals surface area contributed by atoms with Crippen molar-refractivity contribution in [2.75, 3.05) is 28.6 Å². The molecule has 2 aromatic carbocycles. The van der Waals surface area contributed by atoms with Crippen molar-refractivity contribution >= 4 is 34.8 Å². The summed E-state index contributed by atoms with van der Waals surface area (Å²) in [5, 5.41) is 6.49. The minimum atomic E-state index is -0.289. The van der Waals surface area contributed by atoms with Gasteiger partial charge in [0.15, 0.2) is 0 Å². The first-order valence-electron chi connectivity index (χ1n) is 10.3. The molecule has 1 saturated heterocycles. The SMILES string of the molecule is CCc1cc(Cl)ccc1NC(=O)Nc1cccc(-c2cccc(N3CCCC3)n2)c1. The largest absolute Gasteiger partial charge is 0.357 e. The maximum Gasteiger partial charge on any atom is 0.323 e. The molecule has 154 valence electrons. The fourth-order valence-electron chi connectivity index (χ4n) is 3.72. The quantitative estimate of drug-likeness (QED) is 0.516. The van der Waals surface area contributed by atoms with Crippen molar-refractivity contribution in [3.63, 3.8) is 0 Å². The van der Waals surface area contributed by atoms with Crippen LogP contribution in [0.2, 0.25) is 5.02 Å². The van der Waals surface area contributed by atoms with Crippen LogP contribution < -0.4 is 15.5 Å². The average molecular weight is 421 g/mol. The summed E-state index contributed by atoms with van der Waals surface area (Å²) in [6.07, 6.45) is 3.21. The lowest BCUT2D eigenvalue weighted by Gasteiger charge is -2.17. The molecule has 4 rings (SSSR count). The Labute approximate surface area is 182 Å². The highest BCUT2D eigenvalue weighted by molar-refractivity contribution is 6.30. The van der Waals surface area contributed by atoms with Crippen LogP contribution in [0.5, 0.6) is 0 Å². The van der Waals surface area contributed by atoms with Gasteiger partial charge >= 0.3 is 6.03 Å². The lowest BCUT2D eigenvalue weighted by molar-refractivity contribution is 0.262. The van der Waals surface area contributed by atoms with Crippen molar-refractivity contribution in [3.05, 3.63) is 71.2 Å². The van der Waals surface area contributed by atoms with Crippen molar-refractivity contribution in [1.29, 1.82) is 0 Å². The zero-order valence-electron chi connectivity index (χ0n) is 17.0. The number of rotatable bonds is 5. The Morgan fingerprint density at radius 1 is 1.03 bits per heavy atom. The van der Waals surface area contributed by atoms with E-state index >= 15 is 0 Å². The maximum atomic E-state index is 12.5. The predicted molar refractivity (Wildman–Crippen MR) is 125 cm³/mol. The predicted octanol–water partition coefficient (Wildman–Crippen LogP) is 6.21. The van der Waals surface area contributed by atoms with Crippen molar-refractivity contribution in [2.24, 2.45) is 0 Å². The molecule has 1 aliphatic heterocycles. The van der Waals surface area contributed by atoms with E-state index in [0.717, 1.165) is 47.8 Å². The Morgan fingerprint density at radius 3 is 2.63 bits per heavy atom. The summed E-state index contributed by atoms with van der Waals surface area (Å²) in [6.45, 7) is 4.15. The molecule has 3 aromatic rings. The van der Waals surface area contributed by atoms with Gasteiger partial charge in [-0.1, -0.05) is 36.7 Å². The first kappa shape index (κ1) is 20.2. The number of nitrogens with zero attached hydrogens (tertiary/aromatic N) is 2. The molecule has 5 nitrogen and oxygen atoms in total. The third-order valence-corrected chi connectivity index (χ3v) is 5.51. The fraction of sp³-hybridized carbons (Fsp3) is 0.250. The van der Waals surface area contributed by atoms with Gasteiger partial charge in [-0.3, -0.25) is 0 Å². The molecule has 0 spiro atoms. The van der Waals surface area contributed by atoms with E-state index in [1.165, 1.54) is 12.8 Å². The lowest BCUT2D eigenvalue weighted by atomic mass is 10.1. The van der Waals surface area contributed by atoms with Crippen LogP contribution in [0.15, 0.2) is 60.7 Å². The summed E-state index contributed by atoms with van der Waals surface area (Å²) in [6, 6.07) is 19.0. The Hall–Kier alpha value is -3.05. The number of pyridine rings is 1. The number of benzene rings is 2. The Kier molecular flexibility index (Phi) is 6.19. The first-order valence-corrected chi connectivity index (χ1v) is 10.7. The van der Waals surface area contributed by atoms with Crippen LogP contribution in [-0.2, 0) is 6.42 Å². The second-order valence-corrected chi connectivity index (χ2v) is 7.83. The maximum absolute atomic E-state index is 12.5. The topological polar surface area (TPSA) is 57.3 Å². The lowest BCUT2D eigenvalue weighted by Crippen LogP contribution is -2.20. The summed E-state index contributed by atoms with van der Waals surface area (Å²) in [7, 11) is 0. The molecule has 0 aliphatic carbocycles. The summed E-state index contributed by atoms with van der Waals surface area (Å²) in [5.74, 6) is 1.01. The van der Waals surface area contributed by atoms with Crippen molar-refractivity contribution in [1.82, 2.24) is 4.98 Å². The molecule has 0 saturated carbocycles. The summed E-state index contributed by atoms with van der Waals surface area (Å²) in [5.41, 5.74) is 4.33. The van der Waals surface area contributed by atoms with Crippen LogP contribution in [0.1, 0.15) is 25.3 Å². The number of halogens is 1. The second kappa shape index (κ2) is 9.18. The monoisotopic (exact) mass is 420 g/mol. The van der Waals surface area contributed by atoms with Gasteiger partial charge in [-0.15, -0.1) is 0 Å². The molecule has 1 aromatic heterocycles. The average Bonchev–Trinajstić information content (AvgIpc) is 3.30. The number of nitrogens with one attached hydrogen (secondary N) is 2. The van der Waals surface area contributed by atoms with Crippen molar-refractivity contribution < 1.29 is 4.79 Å². The minimum absolute atomic E-state index is 0.289. The molecular weight excluding hydrogens is 396 g/mol. The highest BCUT2D eigenvalue weighted by atomic mass is 35.5. The number of aromatic nitrogens is 1. The van der Waals surface area contributed by atoms with Crippen LogP contribution in [0.4, 0.5) is 22.0 Å². The van der Waals surface area contributed by atoms with Crippen molar-refractivity contribution in [3.8, 4) is 11.3 Å². The highest BCUT2D eigenvalue weighted by Crippen LogP contribution is 2.26. The Morgan fingerprint density at radius 2 is 1.83 bits per heavy atom. The van der Waals surface area contributed by atoms with E-state index in [4.69, 9.17) is 16.6 Å². The number of carbonyl (C=O) groups is 1. The van der Waals surface area contributed by atoms with Gasteiger partial charge < -0.3 is 15.5 Å². The summed E-state index contributed by atoms with van der Waals surface area (Å²) < 4.78 is 0. The molecule has 0 radical (unpaired) electrons. The van der Waals surface area contributed by atoms with Crippen LogP contribution in [0.25, 0.3) is 11.3 Å². The van der Waals surface area contributed by atoms with Gasteiger partial charge in [-0.25, -0.2) is 9.78 Å². The van der Waals surface area contributed by atoms with Gasteiger partial charge in [0.2, 0.25) is 0 Å². The molecular formula is C24H25ClN4O. The Balaban J connectivity index is 1.49. The third kappa shape index (κ3) is 4.74. The van der Waals surface area contributed by atoms with Gasteiger partial charge in [0.1, 0.15) is 5.82 Å². The van der Waals surface area contributed by atoms with E-state index in [1.807, 2.05) is 55.5 Å². The Bertz CT molecular complexity index is 1050. The molecule has 6 heteroatoms. The van der Waals surface area contributed by atoms with Gasteiger partial charge in [0, 0.05) is 35.1 Å². The van der Waals surface area contributed by atoms with E-state index in [2.05, 4.69) is 21.6 Å². The van der Waals surface area contributed by atoms with E-state index < -0.39 is 0 Å². The molecule has 0 atom stereocenters. The standard InChI is InChI=1S/C24H25ClN4O/c1-2-17-15-19(25)11-12-22(17)28-24(30)26-20-8-5-7-18(16-20)21-9-6-10-23(27-21)29-13-3-4-14-29/h5-12,15-16H,2-4,13-14H2,1H3,(H2,26,28,30). The van der Waals surface area contributed by atoms with Gasteiger partial charge in [-0.2, -0.15) is 0 Å². The number of urea groups is 1. The highest BCUT2D eigenvalue weighted by Gasteiger charge is 2.14. The number of anilines is 3. The zero-order chi connectivity index (χ0) is 20.9. The number of hydrogen-bond acceptors (Lipinski definition) is 3.